The van der Waals surface area contributed by atoms with Crippen LogP contribution >= 0.6 is 0 Å². The number of nitrogens with one attached hydrogen (secondary N) is 1. The minimum Gasteiger partial charge on any atom is -0.497 e. The fourth-order valence-corrected chi connectivity index (χ4v) is 2.04. The largest absolute Gasteiger partial charge is 0.497 e. The van der Waals surface area contributed by atoms with Gasteiger partial charge in [-0.15, -0.1) is 0 Å². The number of carbonyl (C=O) groups excluding carboxylic acids is 2. The van der Waals surface area contributed by atoms with Gasteiger partial charge in [-0.05, 0) is 17.7 Å². The lowest BCUT2D eigenvalue weighted by molar-refractivity contribution is -0.156. The van der Waals surface area contributed by atoms with E-state index in [4.69, 9.17) is 9.47 Å². The number of carbonyl (C=O) groups is 2. The van der Waals surface area contributed by atoms with Gasteiger partial charge in [0.15, 0.2) is 6.10 Å². The first kappa shape index (κ1) is 14.3. The fraction of sp³-hybridized carbons (Fsp3) is 0.429. The molecule has 0 aromatic heterocycles. The molecule has 1 aromatic carbocycles. The zero-order chi connectivity index (χ0) is 14.5. The summed E-state index contributed by atoms with van der Waals surface area (Å²) in [4.78, 5) is 25.0. The molecule has 6 nitrogen and oxygen atoms in total. The summed E-state index contributed by atoms with van der Waals surface area (Å²) in [7, 11) is 3.16. The van der Waals surface area contributed by atoms with Crippen LogP contribution in [0.5, 0.6) is 5.75 Å². The smallest absolute Gasteiger partial charge is 0.250 e. The lowest BCUT2D eigenvalue weighted by Crippen LogP contribution is -2.51. The lowest BCUT2D eigenvalue weighted by Gasteiger charge is -2.31. The SMILES string of the molecule is CNC(=O)C1CN(Cc2ccc(OC)cc2)C(=O)CO1. The summed E-state index contributed by atoms with van der Waals surface area (Å²) in [6.45, 7) is 0.665. The summed E-state index contributed by atoms with van der Waals surface area (Å²) in [5, 5.41) is 2.53. The van der Waals surface area contributed by atoms with Crippen LogP contribution < -0.4 is 10.1 Å². The highest BCUT2D eigenvalue weighted by molar-refractivity contribution is 5.85. The number of methoxy groups -OCH3 is 1. The van der Waals surface area contributed by atoms with Crippen molar-refractivity contribution in [2.45, 2.75) is 12.6 Å². The maximum Gasteiger partial charge on any atom is 0.250 e. The number of benzene rings is 1. The topological polar surface area (TPSA) is 67.9 Å². The summed E-state index contributed by atoms with van der Waals surface area (Å²) >= 11 is 0. The molecule has 2 amide bonds. The Morgan fingerprint density at radius 2 is 2.15 bits per heavy atom. The molecule has 1 unspecified atom stereocenters. The average molecular weight is 278 g/mol. The van der Waals surface area contributed by atoms with Crippen molar-refractivity contribution in [3.63, 3.8) is 0 Å². The third-order valence-electron chi connectivity index (χ3n) is 3.22. The van der Waals surface area contributed by atoms with Gasteiger partial charge in [0.2, 0.25) is 5.91 Å². The Morgan fingerprint density at radius 3 is 2.75 bits per heavy atom. The molecule has 6 heteroatoms. The van der Waals surface area contributed by atoms with E-state index in [2.05, 4.69) is 5.32 Å². The van der Waals surface area contributed by atoms with Gasteiger partial charge in [-0.1, -0.05) is 12.1 Å². The van der Waals surface area contributed by atoms with Gasteiger partial charge in [0.25, 0.3) is 5.91 Å². The molecule has 1 heterocycles. The van der Waals surface area contributed by atoms with Crippen LogP contribution in [0.1, 0.15) is 5.56 Å². The van der Waals surface area contributed by atoms with Gasteiger partial charge < -0.3 is 19.7 Å². The lowest BCUT2D eigenvalue weighted by atomic mass is 10.1. The number of hydrogen-bond donors (Lipinski definition) is 1. The molecule has 0 aliphatic carbocycles. The van der Waals surface area contributed by atoms with E-state index in [1.165, 1.54) is 0 Å². The maximum absolute atomic E-state index is 11.8. The summed E-state index contributed by atoms with van der Waals surface area (Å²) in [5.74, 6) is 0.448. The van der Waals surface area contributed by atoms with Crippen molar-refractivity contribution in [2.75, 3.05) is 27.3 Å². The second kappa shape index (κ2) is 6.38. The number of hydrogen-bond acceptors (Lipinski definition) is 4. The molecule has 0 spiro atoms. The second-order valence-corrected chi connectivity index (χ2v) is 4.54. The van der Waals surface area contributed by atoms with Crippen molar-refractivity contribution in [1.82, 2.24) is 10.2 Å². The minimum absolute atomic E-state index is 0.0613. The van der Waals surface area contributed by atoms with E-state index in [0.29, 0.717) is 6.54 Å². The Bertz CT molecular complexity index is 486. The Kier molecular flexibility index (Phi) is 4.57. The van der Waals surface area contributed by atoms with Crippen LogP contribution in [-0.4, -0.2) is 50.1 Å². The first-order valence-corrected chi connectivity index (χ1v) is 6.38. The highest BCUT2D eigenvalue weighted by Crippen LogP contribution is 2.15. The van der Waals surface area contributed by atoms with Gasteiger partial charge in [-0.3, -0.25) is 9.59 Å². The predicted molar refractivity (Wildman–Crippen MR) is 72.2 cm³/mol. The first-order chi connectivity index (χ1) is 9.63. The molecule has 2 rings (SSSR count). The van der Waals surface area contributed by atoms with Crippen LogP contribution in [-0.2, 0) is 20.9 Å². The van der Waals surface area contributed by atoms with E-state index in [0.717, 1.165) is 11.3 Å². The summed E-state index contributed by atoms with van der Waals surface area (Å²) < 4.78 is 10.3. The number of morpholine rings is 1. The quantitative estimate of drug-likeness (QED) is 0.852. The van der Waals surface area contributed by atoms with Crippen LogP contribution in [0.25, 0.3) is 0 Å². The van der Waals surface area contributed by atoms with Crippen molar-refractivity contribution < 1.29 is 19.1 Å². The van der Waals surface area contributed by atoms with E-state index in [-0.39, 0.29) is 25.0 Å². The standard InChI is InChI=1S/C14H18N2O4/c1-15-14(18)12-8-16(13(17)9-20-12)7-10-3-5-11(19-2)6-4-10/h3-6,12H,7-9H2,1-2H3,(H,15,18). The van der Waals surface area contributed by atoms with Crippen molar-refractivity contribution in [1.29, 1.82) is 0 Å². The Balaban J connectivity index is 2.02. The van der Waals surface area contributed by atoms with Gasteiger partial charge in [0, 0.05) is 13.6 Å². The molecule has 1 N–H and O–H groups in total. The molecule has 0 bridgehead atoms. The van der Waals surface area contributed by atoms with Crippen LogP contribution in [0.3, 0.4) is 0 Å². The molecule has 0 radical (unpaired) electrons. The highest BCUT2D eigenvalue weighted by Gasteiger charge is 2.30. The van der Waals surface area contributed by atoms with E-state index < -0.39 is 6.10 Å². The molecule has 20 heavy (non-hydrogen) atoms. The molecule has 1 aromatic rings. The van der Waals surface area contributed by atoms with Crippen LogP contribution in [0.2, 0.25) is 0 Å². The van der Waals surface area contributed by atoms with Crippen LogP contribution in [0.4, 0.5) is 0 Å². The van der Waals surface area contributed by atoms with Crippen LogP contribution in [0, 0.1) is 0 Å². The average Bonchev–Trinajstić information content (AvgIpc) is 2.49. The van der Waals surface area contributed by atoms with E-state index in [1.54, 1.807) is 19.1 Å². The monoisotopic (exact) mass is 278 g/mol. The summed E-state index contributed by atoms with van der Waals surface area (Å²) in [6.07, 6.45) is -0.601. The molecule has 0 saturated carbocycles. The van der Waals surface area contributed by atoms with E-state index >= 15 is 0 Å². The predicted octanol–water partition coefficient (Wildman–Crippen LogP) is 0.169. The number of rotatable bonds is 4. The molecule has 1 saturated heterocycles. The summed E-state index contributed by atoms with van der Waals surface area (Å²) in [5.41, 5.74) is 0.983. The molecule has 1 atom stereocenters. The number of likely N-dealkylation sites (N-methyl/N-ethyl adjacent to an activating group) is 1. The van der Waals surface area contributed by atoms with Crippen molar-refractivity contribution in [3.05, 3.63) is 29.8 Å². The molecule has 1 aliphatic rings. The maximum atomic E-state index is 11.8. The molecular weight excluding hydrogens is 260 g/mol. The van der Waals surface area contributed by atoms with Gasteiger partial charge in [-0.25, -0.2) is 0 Å². The molecule has 1 aliphatic heterocycles. The number of amides is 2. The molecular formula is C14H18N2O4. The Morgan fingerprint density at radius 1 is 1.45 bits per heavy atom. The third-order valence-corrected chi connectivity index (χ3v) is 3.22. The molecule has 1 fully saturated rings. The normalized spacial score (nSPS) is 18.8. The Labute approximate surface area is 117 Å². The van der Waals surface area contributed by atoms with E-state index in [1.807, 2.05) is 24.3 Å². The van der Waals surface area contributed by atoms with E-state index in [9.17, 15) is 9.59 Å². The summed E-state index contributed by atoms with van der Waals surface area (Å²) in [6, 6.07) is 7.49. The first-order valence-electron chi connectivity index (χ1n) is 6.38. The third kappa shape index (κ3) is 3.27. The highest BCUT2D eigenvalue weighted by atomic mass is 16.5. The molecule has 108 valence electrons. The fourth-order valence-electron chi connectivity index (χ4n) is 2.04. The zero-order valence-corrected chi connectivity index (χ0v) is 11.6. The van der Waals surface area contributed by atoms with Gasteiger partial charge in [0.1, 0.15) is 12.4 Å². The number of ether oxygens (including phenoxy) is 2. The van der Waals surface area contributed by atoms with Gasteiger partial charge in [-0.2, -0.15) is 0 Å². The second-order valence-electron chi connectivity index (χ2n) is 4.54. The number of nitrogens with zero attached hydrogens (tertiary/aromatic N) is 1. The van der Waals surface area contributed by atoms with Gasteiger partial charge >= 0.3 is 0 Å². The van der Waals surface area contributed by atoms with Crippen molar-refractivity contribution in [2.24, 2.45) is 0 Å². The van der Waals surface area contributed by atoms with Gasteiger partial charge in [0.05, 0.1) is 13.7 Å². The zero-order valence-electron chi connectivity index (χ0n) is 11.6. The minimum atomic E-state index is -0.601. The van der Waals surface area contributed by atoms with Crippen molar-refractivity contribution in [3.8, 4) is 5.75 Å². The Hall–Kier alpha value is -2.08. The van der Waals surface area contributed by atoms with Crippen LogP contribution in [0.15, 0.2) is 24.3 Å². The van der Waals surface area contributed by atoms with Crippen molar-refractivity contribution >= 4 is 11.8 Å².